The second-order valence-corrected chi connectivity index (χ2v) is 6.39. The summed E-state index contributed by atoms with van der Waals surface area (Å²) in [4.78, 5) is 5.76. The normalized spacial score (nSPS) is 21.1. The van der Waals surface area contributed by atoms with E-state index in [9.17, 15) is 13.2 Å². The summed E-state index contributed by atoms with van der Waals surface area (Å²) in [5.41, 5.74) is -0.669. The number of hydrogen-bond acceptors (Lipinski definition) is 4. The SMILES string of the molecule is FC(F)(F)c1cccnc1N1CCC[C@H](c2nnc3n2CCC3)C1. The van der Waals surface area contributed by atoms with E-state index in [4.69, 9.17) is 0 Å². The van der Waals surface area contributed by atoms with E-state index in [2.05, 4.69) is 19.7 Å². The first-order valence-corrected chi connectivity index (χ1v) is 8.23. The Hall–Kier alpha value is -2.12. The Balaban J connectivity index is 1.62. The molecular weight excluding hydrogens is 319 g/mol. The molecule has 1 atom stereocenters. The number of nitrogens with zero attached hydrogens (tertiary/aromatic N) is 5. The van der Waals surface area contributed by atoms with Gasteiger partial charge >= 0.3 is 6.18 Å². The Bertz CT molecular complexity index is 740. The van der Waals surface area contributed by atoms with Gasteiger partial charge in [0.15, 0.2) is 0 Å². The third kappa shape index (κ3) is 2.63. The highest BCUT2D eigenvalue weighted by atomic mass is 19.4. The third-order valence-corrected chi connectivity index (χ3v) is 4.82. The molecule has 4 rings (SSSR count). The highest BCUT2D eigenvalue weighted by Gasteiger charge is 2.37. The van der Waals surface area contributed by atoms with E-state index in [0.29, 0.717) is 13.1 Å². The molecule has 5 nitrogen and oxygen atoms in total. The largest absolute Gasteiger partial charge is 0.419 e. The molecule has 0 aromatic carbocycles. The maximum Gasteiger partial charge on any atom is 0.419 e. The van der Waals surface area contributed by atoms with Crippen molar-refractivity contribution in [2.75, 3.05) is 18.0 Å². The number of piperidine rings is 1. The fraction of sp³-hybridized carbons (Fsp3) is 0.562. The predicted octanol–water partition coefficient (Wildman–Crippen LogP) is 3.02. The van der Waals surface area contributed by atoms with E-state index in [1.54, 1.807) is 4.90 Å². The Morgan fingerprint density at radius 2 is 2.00 bits per heavy atom. The molecule has 4 heterocycles. The maximum atomic E-state index is 13.3. The van der Waals surface area contributed by atoms with Crippen LogP contribution in [0, 0.1) is 0 Å². The van der Waals surface area contributed by atoms with Gasteiger partial charge in [0.1, 0.15) is 17.5 Å². The second-order valence-electron chi connectivity index (χ2n) is 6.39. The van der Waals surface area contributed by atoms with Crippen LogP contribution in [-0.4, -0.2) is 32.8 Å². The minimum absolute atomic E-state index is 0.0239. The molecule has 0 spiro atoms. The molecule has 1 fully saturated rings. The average molecular weight is 337 g/mol. The zero-order valence-corrected chi connectivity index (χ0v) is 13.1. The summed E-state index contributed by atoms with van der Waals surface area (Å²) >= 11 is 0. The van der Waals surface area contributed by atoms with Crippen LogP contribution in [0.1, 0.15) is 42.4 Å². The fourth-order valence-corrected chi connectivity index (χ4v) is 3.73. The number of aromatic nitrogens is 4. The molecule has 8 heteroatoms. The average Bonchev–Trinajstić information content (AvgIpc) is 3.17. The van der Waals surface area contributed by atoms with Gasteiger partial charge in [-0.2, -0.15) is 13.2 Å². The minimum Gasteiger partial charge on any atom is -0.355 e. The summed E-state index contributed by atoms with van der Waals surface area (Å²) in [6.45, 7) is 1.99. The van der Waals surface area contributed by atoms with Gasteiger partial charge in [-0.3, -0.25) is 0 Å². The highest BCUT2D eigenvalue weighted by molar-refractivity contribution is 5.49. The van der Waals surface area contributed by atoms with E-state index in [-0.39, 0.29) is 11.7 Å². The Labute approximate surface area is 137 Å². The molecule has 24 heavy (non-hydrogen) atoms. The van der Waals surface area contributed by atoms with Crippen molar-refractivity contribution in [1.29, 1.82) is 0 Å². The summed E-state index contributed by atoms with van der Waals surface area (Å²) in [6.07, 6.45) is 0.758. The van der Waals surface area contributed by atoms with Gasteiger partial charge in [0.25, 0.3) is 0 Å². The van der Waals surface area contributed by atoms with E-state index < -0.39 is 11.7 Å². The standard InChI is InChI=1S/C16H18F3N5/c17-16(18,19)12-5-1-7-20-15(12)23-8-2-4-11(10-23)14-22-21-13-6-3-9-24(13)14/h1,5,7,11H,2-4,6,8-10H2/t11-/m0/s1. The topological polar surface area (TPSA) is 46.8 Å². The van der Waals surface area contributed by atoms with Crippen LogP contribution in [0.15, 0.2) is 18.3 Å². The molecule has 2 aromatic heterocycles. The lowest BCUT2D eigenvalue weighted by molar-refractivity contribution is -0.137. The van der Waals surface area contributed by atoms with Crippen LogP contribution in [0.3, 0.4) is 0 Å². The van der Waals surface area contributed by atoms with E-state index in [1.807, 2.05) is 0 Å². The summed E-state index contributed by atoms with van der Waals surface area (Å²) in [6, 6.07) is 2.43. The molecule has 0 N–H and O–H groups in total. The Kier molecular flexibility index (Phi) is 3.69. The van der Waals surface area contributed by atoms with Crippen LogP contribution in [0.25, 0.3) is 0 Å². The van der Waals surface area contributed by atoms with E-state index in [0.717, 1.165) is 49.9 Å². The molecule has 0 bridgehead atoms. The van der Waals surface area contributed by atoms with Gasteiger partial charge in [-0.1, -0.05) is 0 Å². The van der Waals surface area contributed by atoms with Crippen LogP contribution in [0.2, 0.25) is 0 Å². The zero-order valence-electron chi connectivity index (χ0n) is 13.1. The van der Waals surface area contributed by atoms with Gasteiger partial charge < -0.3 is 9.47 Å². The minimum atomic E-state index is -4.40. The Morgan fingerprint density at radius 3 is 2.83 bits per heavy atom. The van der Waals surface area contributed by atoms with Crippen LogP contribution in [-0.2, 0) is 19.1 Å². The molecule has 2 aliphatic rings. The molecule has 0 unspecified atom stereocenters. The molecule has 0 aliphatic carbocycles. The van der Waals surface area contributed by atoms with Crippen molar-refractivity contribution < 1.29 is 13.2 Å². The van der Waals surface area contributed by atoms with Gasteiger partial charge in [0.2, 0.25) is 0 Å². The lowest BCUT2D eigenvalue weighted by Crippen LogP contribution is -2.37. The summed E-state index contributed by atoms with van der Waals surface area (Å²) < 4.78 is 41.9. The number of anilines is 1. The summed E-state index contributed by atoms with van der Waals surface area (Å²) in [5.74, 6) is 2.03. The van der Waals surface area contributed by atoms with E-state index >= 15 is 0 Å². The number of aryl methyl sites for hydroxylation is 1. The quantitative estimate of drug-likeness (QED) is 0.845. The molecule has 0 saturated carbocycles. The number of hydrogen-bond donors (Lipinski definition) is 0. The molecule has 2 aromatic rings. The van der Waals surface area contributed by atoms with Gasteiger partial charge in [-0.05, 0) is 31.4 Å². The fourth-order valence-electron chi connectivity index (χ4n) is 3.73. The van der Waals surface area contributed by atoms with Crippen LogP contribution < -0.4 is 4.90 Å². The highest BCUT2D eigenvalue weighted by Crippen LogP contribution is 2.37. The van der Waals surface area contributed by atoms with E-state index in [1.165, 1.54) is 12.3 Å². The van der Waals surface area contributed by atoms with Crippen LogP contribution in [0.4, 0.5) is 19.0 Å². The number of halogens is 3. The summed E-state index contributed by atoms with van der Waals surface area (Å²) in [5, 5.41) is 8.53. The first-order chi connectivity index (χ1) is 11.5. The maximum absolute atomic E-state index is 13.3. The van der Waals surface area contributed by atoms with Gasteiger partial charge in [-0.25, -0.2) is 4.98 Å². The number of alkyl halides is 3. The lowest BCUT2D eigenvalue weighted by atomic mass is 9.96. The predicted molar refractivity (Wildman–Crippen MR) is 81.8 cm³/mol. The van der Waals surface area contributed by atoms with Crippen molar-refractivity contribution in [2.45, 2.75) is 44.3 Å². The number of rotatable bonds is 2. The van der Waals surface area contributed by atoms with Crippen molar-refractivity contribution in [3.05, 3.63) is 35.5 Å². The van der Waals surface area contributed by atoms with Gasteiger partial charge in [-0.15, -0.1) is 10.2 Å². The monoisotopic (exact) mass is 337 g/mol. The molecule has 128 valence electrons. The summed E-state index contributed by atoms with van der Waals surface area (Å²) in [7, 11) is 0. The van der Waals surface area contributed by atoms with Crippen molar-refractivity contribution in [2.24, 2.45) is 0 Å². The molecular formula is C16H18F3N5. The first kappa shape index (κ1) is 15.4. The molecule has 2 aliphatic heterocycles. The van der Waals surface area contributed by atoms with Crippen molar-refractivity contribution in [3.63, 3.8) is 0 Å². The molecule has 0 radical (unpaired) electrons. The van der Waals surface area contributed by atoms with Crippen molar-refractivity contribution >= 4 is 5.82 Å². The lowest BCUT2D eigenvalue weighted by Gasteiger charge is -2.34. The molecule has 0 amide bonds. The zero-order chi connectivity index (χ0) is 16.7. The van der Waals surface area contributed by atoms with Crippen LogP contribution >= 0.6 is 0 Å². The number of fused-ring (bicyclic) bond motifs is 1. The van der Waals surface area contributed by atoms with Gasteiger partial charge in [0.05, 0.1) is 5.56 Å². The third-order valence-electron chi connectivity index (χ3n) is 4.82. The number of pyridine rings is 1. The Morgan fingerprint density at radius 1 is 1.12 bits per heavy atom. The van der Waals surface area contributed by atoms with Crippen molar-refractivity contribution in [3.8, 4) is 0 Å². The molecule has 1 saturated heterocycles. The van der Waals surface area contributed by atoms with Gasteiger partial charge in [0, 0.05) is 38.2 Å². The second kappa shape index (κ2) is 5.75. The van der Waals surface area contributed by atoms with Crippen LogP contribution in [0.5, 0.6) is 0 Å². The van der Waals surface area contributed by atoms with Crippen molar-refractivity contribution in [1.82, 2.24) is 19.7 Å². The smallest absolute Gasteiger partial charge is 0.355 e. The first-order valence-electron chi connectivity index (χ1n) is 8.23.